The number of fused-ring (bicyclic) bond motifs is 1. The number of nitrogens with one attached hydrogen (secondary N) is 12. The van der Waals surface area contributed by atoms with Gasteiger partial charge in [-0.3, -0.25) is 62.3 Å². The second-order valence-corrected chi connectivity index (χ2v) is 32.1. The van der Waals surface area contributed by atoms with Crippen molar-refractivity contribution in [3.63, 3.8) is 0 Å². The van der Waals surface area contributed by atoms with Crippen molar-refractivity contribution in [1.29, 1.82) is 0 Å². The Hall–Kier alpha value is -10.9. The van der Waals surface area contributed by atoms with Crippen LogP contribution in [0.3, 0.4) is 0 Å². The van der Waals surface area contributed by atoms with Gasteiger partial charge in [-0.15, -0.1) is 0 Å². The minimum atomic E-state index is -1.75. The van der Waals surface area contributed by atoms with Gasteiger partial charge in [0.05, 0.1) is 35.1 Å². The van der Waals surface area contributed by atoms with Crippen molar-refractivity contribution in [1.82, 2.24) is 68.4 Å². The van der Waals surface area contributed by atoms with Gasteiger partial charge in [0.15, 0.2) is 5.78 Å². The average molecular weight is 1730 g/mol. The maximum atomic E-state index is 15.2. The Bertz CT molecular complexity index is 4350. The van der Waals surface area contributed by atoms with E-state index >= 15 is 9.59 Å². The number of carbonyl (C=O) groups is 14. The van der Waals surface area contributed by atoms with E-state index in [9.17, 15) is 72.1 Å². The first-order valence-corrected chi connectivity index (χ1v) is 42.9. The number of H-pyrrole nitrogens is 1. The number of aromatic amines is 1. The number of likely N-dealkylation sites (N-methyl/N-ethyl adjacent to an activating group) is 1. The van der Waals surface area contributed by atoms with Crippen molar-refractivity contribution < 1.29 is 86.5 Å². The molecule has 36 nitrogen and oxygen atoms in total. The standard InChI is InChI=1S/C87H130FN19O17/c1-11-49(6)16-14-15-17-72(111)97-63(29-35-90)80(116)105-75(53(10)109)85(121)102-65(31-37-92)78(114)101-67-33-39-94-84(120)74(52(9)108)104-81(117)66(32-38-93)99-77(113)64(30-36-91)100-82(118)69(42-48(4)5)103-76(112)58(44-71(110)62(28-34-89)98-79(67)115)43-54-18-22-56(23-19-54)57-24-20-55(21-25-57)47-124-87(123)107-70-27-26-59(88)45-60(70)61(86(107)122)46-68-50(7)73(51(8)96-68)83(119)95-40-41-106(12-2)13-3/h18-27,45-46,48-49,52-53,58,62-67,69,74-75,96,108-109H,11-17,28-44,47,89-93H2,1-10H3,(H,94,120)(H,95,119)(H,97,111)(H,98,115)(H,99,113)(H,100,118)(H,101,114)(H,102,121)(H,103,112)(H,104,117)(H,105,116)/b61-46-/t49?,52-,53+,58+,62?,63?,64-,65-,66-,67?,69-,74-,75?/m1/s1. The Labute approximate surface area is 723 Å². The van der Waals surface area contributed by atoms with Crippen molar-refractivity contribution in [3.05, 3.63) is 112 Å². The summed E-state index contributed by atoms with van der Waals surface area (Å²) in [6, 6.07) is 3.53. The number of carbonyl (C=O) groups excluding carboxylic acids is 14. The summed E-state index contributed by atoms with van der Waals surface area (Å²) in [7, 11) is 0. The van der Waals surface area contributed by atoms with E-state index < -0.39 is 175 Å². The number of ketones is 1. The van der Waals surface area contributed by atoms with E-state index in [0.29, 0.717) is 70.2 Å². The van der Waals surface area contributed by atoms with Gasteiger partial charge >= 0.3 is 6.09 Å². The molecule has 682 valence electrons. The number of hydrogen-bond donors (Lipinski definition) is 19. The Balaban J connectivity index is 1.29. The number of aliphatic hydroxyl groups excluding tert-OH is 2. The monoisotopic (exact) mass is 1730 g/mol. The minimum Gasteiger partial charge on any atom is -0.444 e. The Kier molecular flexibility index (Phi) is 41.7. The van der Waals surface area contributed by atoms with Crippen molar-refractivity contribution >= 4 is 100 Å². The van der Waals surface area contributed by atoms with E-state index in [4.69, 9.17) is 33.4 Å². The van der Waals surface area contributed by atoms with Crippen LogP contribution in [-0.2, 0) is 75.3 Å². The maximum Gasteiger partial charge on any atom is 0.421 e. The minimum absolute atomic E-state index is 0.0148. The molecule has 2 aliphatic rings. The highest BCUT2D eigenvalue weighted by Crippen LogP contribution is 2.40. The molecule has 1 fully saturated rings. The summed E-state index contributed by atoms with van der Waals surface area (Å²) in [5, 5.41) is 50.6. The third-order valence-electron chi connectivity index (χ3n) is 22.0. The smallest absolute Gasteiger partial charge is 0.421 e. The van der Waals surface area contributed by atoms with E-state index in [0.717, 1.165) is 49.4 Å². The van der Waals surface area contributed by atoms with E-state index in [1.807, 2.05) is 13.8 Å². The molecule has 0 radical (unpaired) electrons. The van der Waals surface area contributed by atoms with E-state index in [1.54, 1.807) is 76.2 Å². The third-order valence-corrected chi connectivity index (χ3v) is 22.0. The molecule has 0 aliphatic carbocycles. The molecule has 13 atom stereocenters. The average Bonchev–Trinajstić information content (AvgIpc) is 1.60. The van der Waals surface area contributed by atoms with Gasteiger partial charge in [-0.1, -0.05) is 109 Å². The fraction of sp³-hybridized carbons (Fsp3) is 0.563. The molecule has 1 aromatic heterocycles. The number of unbranched alkanes of at least 4 members (excludes halogenated alkanes) is 1. The number of amides is 13. The highest BCUT2D eigenvalue weighted by Gasteiger charge is 2.41. The van der Waals surface area contributed by atoms with Crippen molar-refractivity contribution in [2.45, 2.75) is 232 Å². The predicted octanol–water partition coefficient (Wildman–Crippen LogP) is 0.892. The van der Waals surface area contributed by atoms with Crippen LogP contribution in [0.4, 0.5) is 14.9 Å². The summed E-state index contributed by atoms with van der Waals surface area (Å²) in [6.45, 7) is 18.6. The summed E-state index contributed by atoms with van der Waals surface area (Å²) < 4.78 is 20.7. The van der Waals surface area contributed by atoms with Gasteiger partial charge in [-0.05, 0) is 195 Å². The van der Waals surface area contributed by atoms with Gasteiger partial charge in [0.1, 0.15) is 60.8 Å². The number of aromatic nitrogens is 1. The lowest BCUT2D eigenvalue weighted by molar-refractivity contribution is -0.137. The van der Waals surface area contributed by atoms with Crippen LogP contribution in [0.25, 0.3) is 22.8 Å². The van der Waals surface area contributed by atoms with Crippen molar-refractivity contribution in [2.24, 2.45) is 46.4 Å². The molecule has 37 heteroatoms. The third kappa shape index (κ3) is 30.2. The summed E-state index contributed by atoms with van der Waals surface area (Å²) >= 11 is 0. The number of nitrogens with zero attached hydrogens (tertiary/aromatic N) is 2. The molecular weight excluding hydrogens is 1600 g/mol. The number of aryl methyl sites for hydroxylation is 1. The Morgan fingerprint density at radius 3 is 1.79 bits per heavy atom. The van der Waals surface area contributed by atoms with Crippen LogP contribution < -0.4 is 92.1 Å². The lowest BCUT2D eigenvalue weighted by Gasteiger charge is -2.28. The van der Waals surface area contributed by atoms with Crippen LogP contribution >= 0.6 is 0 Å². The second kappa shape index (κ2) is 50.7. The number of aliphatic hydroxyl groups is 2. The normalized spacial score (nSPS) is 20.2. The molecule has 0 spiro atoms. The number of anilines is 1. The highest BCUT2D eigenvalue weighted by atomic mass is 19.1. The molecule has 6 rings (SSSR count). The molecule has 4 aromatic rings. The Morgan fingerprint density at radius 2 is 1.22 bits per heavy atom. The zero-order chi connectivity index (χ0) is 91.6. The second-order valence-electron chi connectivity index (χ2n) is 32.1. The summed E-state index contributed by atoms with van der Waals surface area (Å²) in [6.07, 6.45) is -1.79. The molecule has 13 amide bonds. The molecular formula is C87H130FN19O17. The molecule has 0 bridgehead atoms. The van der Waals surface area contributed by atoms with Gasteiger partial charge in [0.2, 0.25) is 59.1 Å². The zero-order valence-electron chi connectivity index (χ0n) is 72.9. The lowest BCUT2D eigenvalue weighted by Crippen LogP contribution is -2.61. The summed E-state index contributed by atoms with van der Waals surface area (Å²) in [4.78, 5) is 206. The highest BCUT2D eigenvalue weighted by molar-refractivity contribution is 6.41. The topological polar surface area (TPSA) is 573 Å². The molecule has 1 saturated heterocycles. The van der Waals surface area contributed by atoms with E-state index in [2.05, 4.69) is 82.2 Å². The van der Waals surface area contributed by atoms with Gasteiger partial charge in [-0.2, -0.15) is 0 Å². The summed E-state index contributed by atoms with van der Waals surface area (Å²) in [5.74, 6) is -12.7. The van der Waals surface area contributed by atoms with E-state index in [1.165, 1.54) is 26.0 Å². The number of benzene rings is 3. The zero-order valence-corrected chi connectivity index (χ0v) is 72.9. The molecule has 124 heavy (non-hydrogen) atoms. The number of Topliss-reactive ketones (excluding diaryl/α,β-unsaturated/α-hetero) is 1. The number of imide groups is 1. The number of nitrogens with two attached hydrogens (primary N) is 5. The SMILES string of the molecule is CCC(C)CCCCC(=O)NC(CCN)C(=O)NC(C(=O)N[C@H](CCN)C(=O)NC1CCNC(=O)[C@@H]([C@@H](C)O)NC(=O)[C@@H](CCN)NC(=O)[C@@H](CCN)NC(=O)[C@@H](CC(C)C)NC(=O)[C@@H](Cc2ccc(-c3ccc(COC(=O)N4C(=O)/C(=C\c5[nH]c(C)c(C(=O)NCCN(CC)CC)c5C)c5cc(F)ccc54)cc3)cc2)CC(=O)C(CCN)NC1=O)[C@H](C)O. The summed E-state index contributed by atoms with van der Waals surface area (Å²) in [5.41, 5.74) is 34.3. The molecule has 2 aliphatic heterocycles. The van der Waals surface area contributed by atoms with Crippen LogP contribution in [0, 0.1) is 37.4 Å². The fourth-order valence-electron chi connectivity index (χ4n) is 14.6. The van der Waals surface area contributed by atoms with Crippen molar-refractivity contribution in [3.8, 4) is 11.1 Å². The number of rotatable bonds is 39. The van der Waals surface area contributed by atoms with Gasteiger partial charge in [-0.25, -0.2) is 14.1 Å². The van der Waals surface area contributed by atoms with Gasteiger partial charge in [0.25, 0.3) is 11.8 Å². The first-order valence-electron chi connectivity index (χ1n) is 42.9. The largest absolute Gasteiger partial charge is 0.444 e. The van der Waals surface area contributed by atoms with Gasteiger partial charge in [0, 0.05) is 55.3 Å². The molecule has 5 unspecified atom stereocenters. The first kappa shape index (κ1) is 102. The molecule has 3 heterocycles. The number of halogens is 1. The van der Waals surface area contributed by atoms with Crippen molar-refractivity contribution in [2.75, 3.05) is 70.3 Å². The van der Waals surface area contributed by atoms with Crippen LogP contribution in [0.2, 0.25) is 0 Å². The van der Waals surface area contributed by atoms with Crippen LogP contribution in [-0.4, -0.2) is 235 Å². The van der Waals surface area contributed by atoms with Crippen LogP contribution in [0.15, 0.2) is 66.7 Å². The van der Waals surface area contributed by atoms with Crippen LogP contribution in [0.5, 0.6) is 0 Å². The molecule has 0 saturated carbocycles. The number of hydrogen-bond acceptors (Lipinski definition) is 23. The lowest BCUT2D eigenvalue weighted by atomic mass is 9.89. The quantitative estimate of drug-likeness (QED) is 0.0218. The first-order chi connectivity index (χ1) is 59.0. The predicted molar refractivity (Wildman–Crippen MR) is 465 cm³/mol. The fourth-order valence-corrected chi connectivity index (χ4v) is 14.6. The Morgan fingerprint density at radius 1 is 0.645 bits per heavy atom. The van der Waals surface area contributed by atoms with Crippen LogP contribution in [0.1, 0.15) is 183 Å². The van der Waals surface area contributed by atoms with E-state index in [-0.39, 0.29) is 119 Å². The van der Waals surface area contributed by atoms with Gasteiger partial charge < -0.3 is 112 Å². The molecule has 3 aromatic carbocycles. The molecule has 24 N–H and O–H groups in total. The number of ether oxygens (including phenoxy) is 1. The maximum absolute atomic E-state index is 15.2.